The van der Waals surface area contributed by atoms with Gasteiger partial charge in [0.05, 0.1) is 6.07 Å². The average Bonchev–Trinajstić information content (AvgIpc) is 2.87. The Balaban J connectivity index is 2.58. The molecule has 2 atom stereocenters. The van der Waals surface area contributed by atoms with Crippen molar-refractivity contribution in [2.24, 2.45) is 11.3 Å². The third-order valence-corrected chi connectivity index (χ3v) is 2.97. The molecule has 1 aliphatic carbocycles. The van der Waals surface area contributed by atoms with Gasteiger partial charge in [-0.25, -0.2) is 0 Å². The van der Waals surface area contributed by atoms with Crippen LogP contribution in [0.2, 0.25) is 0 Å². The van der Waals surface area contributed by atoms with Crippen LogP contribution >= 0.6 is 0 Å². The van der Waals surface area contributed by atoms with Crippen molar-refractivity contribution in [2.75, 3.05) is 0 Å². The summed E-state index contributed by atoms with van der Waals surface area (Å²) in [6, 6.07) is 2.16. The van der Waals surface area contributed by atoms with Gasteiger partial charge in [-0.2, -0.15) is 5.26 Å². The molecule has 0 aliphatic heterocycles. The van der Waals surface area contributed by atoms with Crippen LogP contribution in [0.5, 0.6) is 0 Å². The summed E-state index contributed by atoms with van der Waals surface area (Å²) in [5, 5.41) is 9.14. The van der Waals surface area contributed by atoms with Crippen molar-refractivity contribution < 1.29 is 9.53 Å². The summed E-state index contributed by atoms with van der Waals surface area (Å²) in [6.07, 6.45) is 3.82. The minimum Gasteiger partial charge on any atom is -0.459 e. The van der Waals surface area contributed by atoms with Gasteiger partial charge in [0.15, 0.2) is 5.41 Å². The van der Waals surface area contributed by atoms with Gasteiger partial charge in [-0.05, 0) is 39.5 Å². The van der Waals surface area contributed by atoms with E-state index < -0.39 is 11.0 Å². The standard InChI is InChI=1S/C13H21NO2/c1-5-6-7-10-8-13(10,9-14)11(15)16-12(2,3)4/h10H,5-8H2,1-4H3. The zero-order valence-electron chi connectivity index (χ0n) is 10.7. The van der Waals surface area contributed by atoms with Crippen LogP contribution in [0.3, 0.4) is 0 Å². The fraction of sp³-hybridized carbons (Fsp3) is 0.846. The number of hydrogen-bond donors (Lipinski definition) is 0. The van der Waals surface area contributed by atoms with Crippen LogP contribution in [0.15, 0.2) is 0 Å². The van der Waals surface area contributed by atoms with Crippen LogP contribution in [0.25, 0.3) is 0 Å². The second kappa shape index (κ2) is 4.45. The molecular weight excluding hydrogens is 202 g/mol. The highest BCUT2D eigenvalue weighted by molar-refractivity contribution is 5.84. The lowest BCUT2D eigenvalue weighted by Crippen LogP contribution is -2.30. The van der Waals surface area contributed by atoms with E-state index in [1.54, 1.807) is 0 Å². The quantitative estimate of drug-likeness (QED) is 0.688. The number of esters is 1. The molecule has 1 saturated carbocycles. The van der Waals surface area contributed by atoms with Gasteiger partial charge >= 0.3 is 5.97 Å². The Kier molecular flexibility index (Phi) is 3.62. The van der Waals surface area contributed by atoms with Gasteiger partial charge in [-0.15, -0.1) is 0 Å². The Morgan fingerprint density at radius 1 is 1.56 bits per heavy atom. The summed E-state index contributed by atoms with van der Waals surface area (Å²) in [5.41, 5.74) is -1.33. The maximum absolute atomic E-state index is 11.9. The summed E-state index contributed by atoms with van der Waals surface area (Å²) in [6.45, 7) is 7.61. The van der Waals surface area contributed by atoms with Gasteiger partial charge in [0, 0.05) is 0 Å². The zero-order chi connectivity index (χ0) is 12.4. The molecule has 1 aliphatic rings. The Hall–Kier alpha value is -1.04. The minimum absolute atomic E-state index is 0.215. The Bertz CT molecular complexity index is 311. The van der Waals surface area contributed by atoms with Crippen molar-refractivity contribution in [1.29, 1.82) is 5.26 Å². The SMILES string of the molecule is CCCCC1CC1(C#N)C(=O)OC(C)(C)C. The summed E-state index contributed by atoms with van der Waals surface area (Å²) in [5.74, 6) is -0.115. The summed E-state index contributed by atoms with van der Waals surface area (Å²) in [7, 11) is 0. The highest BCUT2D eigenvalue weighted by Crippen LogP contribution is 2.55. The van der Waals surface area contributed by atoms with Crippen LogP contribution < -0.4 is 0 Å². The van der Waals surface area contributed by atoms with E-state index in [0.717, 1.165) is 19.3 Å². The molecule has 1 fully saturated rings. The van der Waals surface area contributed by atoms with E-state index in [4.69, 9.17) is 10.00 Å². The van der Waals surface area contributed by atoms with Gasteiger partial charge in [0.25, 0.3) is 0 Å². The first-order chi connectivity index (χ1) is 7.35. The number of rotatable bonds is 4. The van der Waals surface area contributed by atoms with Crippen molar-refractivity contribution in [3.63, 3.8) is 0 Å². The van der Waals surface area contributed by atoms with Crippen LogP contribution in [0.1, 0.15) is 53.4 Å². The number of unbranched alkanes of at least 4 members (excludes halogenated alkanes) is 1. The van der Waals surface area contributed by atoms with Gasteiger partial charge in [0.1, 0.15) is 5.60 Å². The number of hydrogen-bond acceptors (Lipinski definition) is 3. The molecule has 1 rings (SSSR count). The molecule has 0 heterocycles. The average molecular weight is 223 g/mol. The third-order valence-electron chi connectivity index (χ3n) is 2.97. The molecule has 16 heavy (non-hydrogen) atoms. The van der Waals surface area contributed by atoms with Crippen LogP contribution in [-0.4, -0.2) is 11.6 Å². The third kappa shape index (κ3) is 2.75. The van der Waals surface area contributed by atoms with E-state index in [9.17, 15) is 4.79 Å². The number of ether oxygens (including phenoxy) is 1. The summed E-state index contributed by atoms with van der Waals surface area (Å²) < 4.78 is 5.30. The molecule has 2 unspecified atom stereocenters. The molecule has 0 amide bonds. The largest absolute Gasteiger partial charge is 0.459 e. The molecule has 0 radical (unpaired) electrons. The van der Waals surface area contributed by atoms with Crippen molar-refractivity contribution in [1.82, 2.24) is 0 Å². The molecule has 0 aromatic carbocycles. The molecule has 3 nitrogen and oxygen atoms in total. The zero-order valence-corrected chi connectivity index (χ0v) is 10.7. The van der Waals surface area contributed by atoms with Crippen molar-refractivity contribution in [3.8, 4) is 6.07 Å². The lowest BCUT2D eigenvalue weighted by molar-refractivity contribution is -0.159. The Morgan fingerprint density at radius 3 is 2.62 bits per heavy atom. The maximum atomic E-state index is 11.9. The summed E-state index contributed by atoms with van der Waals surface area (Å²) >= 11 is 0. The molecule has 0 aromatic heterocycles. The second-order valence-corrected chi connectivity index (χ2v) is 5.63. The van der Waals surface area contributed by atoms with Crippen LogP contribution in [-0.2, 0) is 9.53 Å². The Labute approximate surface area is 97.8 Å². The second-order valence-electron chi connectivity index (χ2n) is 5.63. The molecule has 0 spiro atoms. The van der Waals surface area contributed by atoms with E-state index in [1.165, 1.54) is 0 Å². The maximum Gasteiger partial charge on any atom is 0.327 e. The van der Waals surface area contributed by atoms with Crippen molar-refractivity contribution in [3.05, 3.63) is 0 Å². The normalized spacial score (nSPS) is 28.3. The molecule has 90 valence electrons. The molecule has 0 aromatic rings. The minimum atomic E-state index is -0.831. The first kappa shape index (κ1) is 13.0. The smallest absolute Gasteiger partial charge is 0.327 e. The highest BCUT2D eigenvalue weighted by Gasteiger charge is 2.62. The first-order valence-corrected chi connectivity index (χ1v) is 6.00. The molecule has 3 heteroatoms. The van der Waals surface area contributed by atoms with Crippen molar-refractivity contribution in [2.45, 2.75) is 59.0 Å². The highest BCUT2D eigenvalue weighted by atomic mass is 16.6. The molecule has 0 N–H and O–H groups in total. The fourth-order valence-corrected chi connectivity index (χ4v) is 1.93. The van der Waals surface area contributed by atoms with E-state index in [1.807, 2.05) is 20.8 Å². The van der Waals surface area contributed by atoms with Crippen LogP contribution in [0, 0.1) is 22.7 Å². The van der Waals surface area contributed by atoms with E-state index in [2.05, 4.69) is 13.0 Å². The first-order valence-electron chi connectivity index (χ1n) is 6.00. The topological polar surface area (TPSA) is 50.1 Å². The number of nitrogens with zero attached hydrogens (tertiary/aromatic N) is 1. The van der Waals surface area contributed by atoms with Gasteiger partial charge in [-0.3, -0.25) is 4.79 Å². The molecule has 0 saturated heterocycles. The monoisotopic (exact) mass is 223 g/mol. The number of carbonyl (C=O) groups is 1. The predicted octanol–water partition coefficient (Wildman–Crippen LogP) is 3.05. The van der Waals surface area contributed by atoms with E-state index in [-0.39, 0.29) is 11.9 Å². The number of nitriles is 1. The molecular formula is C13H21NO2. The van der Waals surface area contributed by atoms with E-state index >= 15 is 0 Å². The van der Waals surface area contributed by atoms with Crippen LogP contribution in [0.4, 0.5) is 0 Å². The summed E-state index contributed by atoms with van der Waals surface area (Å²) in [4.78, 5) is 11.9. The van der Waals surface area contributed by atoms with Crippen molar-refractivity contribution >= 4 is 5.97 Å². The fourth-order valence-electron chi connectivity index (χ4n) is 1.93. The molecule has 0 bridgehead atoms. The van der Waals surface area contributed by atoms with Gasteiger partial charge < -0.3 is 4.74 Å². The Morgan fingerprint density at radius 2 is 2.19 bits per heavy atom. The lowest BCUT2D eigenvalue weighted by Gasteiger charge is -2.21. The van der Waals surface area contributed by atoms with Gasteiger partial charge in [0.2, 0.25) is 0 Å². The number of carbonyl (C=O) groups excluding carboxylic acids is 1. The lowest BCUT2D eigenvalue weighted by atomic mass is 10.0. The predicted molar refractivity (Wildman–Crippen MR) is 61.5 cm³/mol. The van der Waals surface area contributed by atoms with Gasteiger partial charge in [-0.1, -0.05) is 19.8 Å². The van der Waals surface area contributed by atoms with E-state index in [0.29, 0.717) is 6.42 Å².